The third-order valence-corrected chi connectivity index (χ3v) is 3.22. The Hall–Kier alpha value is -1.24. The zero-order chi connectivity index (χ0) is 12.3. The number of nitrogens with one attached hydrogen (secondary N) is 1. The summed E-state index contributed by atoms with van der Waals surface area (Å²) in [4.78, 5) is 4.01. The molecule has 6 heteroatoms. The van der Waals surface area contributed by atoms with Crippen molar-refractivity contribution >= 4 is 15.9 Å². The van der Waals surface area contributed by atoms with E-state index in [2.05, 4.69) is 31.4 Å². The highest BCUT2D eigenvalue weighted by molar-refractivity contribution is 9.10. The average Bonchev–Trinajstić information content (AvgIpc) is 2.74. The lowest BCUT2D eigenvalue weighted by Crippen LogP contribution is -2.31. The maximum atomic E-state index is 5.66. The maximum absolute atomic E-state index is 5.66. The standard InChI is InChI=1S/C11H14BrN5/c1-2-17-11(9(12)7-15-17)10(16-13)8-3-5-14-6-4-8/h3-7,10,16H,2,13H2,1H3. The Kier molecular flexibility index (Phi) is 3.88. The highest BCUT2D eigenvalue weighted by Gasteiger charge is 2.20. The van der Waals surface area contributed by atoms with E-state index >= 15 is 0 Å². The van der Waals surface area contributed by atoms with Gasteiger partial charge in [0.05, 0.1) is 22.4 Å². The summed E-state index contributed by atoms with van der Waals surface area (Å²) in [5.74, 6) is 5.66. The van der Waals surface area contributed by atoms with E-state index in [0.717, 1.165) is 22.3 Å². The number of aromatic nitrogens is 3. The third-order valence-electron chi connectivity index (χ3n) is 2.61. The lowest BCUT2D eigenvalue weighted by Gasteiger charge is -2.18. The van der Waals surface area contributed by atoms with Crippen LogP contribution in [0.25, 0.3) is 0 Å². The molecular formula is C11H14BrN5. The second-order valence-electron chi connectivity index (χ2n) is 3.57. The zero-order valence-corrected chi connectivity index (χ0v) is 11.1. The summed E-state index contributed by atoms with van der Waals surface area (Å²) in [5, 5.41) is 4.29. The molecule has 0 bridgehead atoms. The van der Waals surface area contributed by atoms with Gasteiger partial charge in [-0.15, -0.1) is 0 Å². The lowest BCUT2D eigenvalue weighted by molar-refractivity contribution is 0.541. The molecule has 1 atom stereocenters. The van der Waals surface area contributed by atoms with Gasteiger partial charge in [0.15, 0.2) is 0 Å². The number of rotatable bonds is 4. The molecule has 0 aromatic carbocycles. The molecule has 17 heavy (non-hydrogen) atoms. The third kappa shape index (κ3) is 2.38. The van der Waals surface area contributed by atoms with Gasteiger partial charge in [-0.3, -0.25) is 15.5 Å². The number of hydrogen-bond donors (Lipinski definition) is 2. The molecule has 0 aliphatic carbocycles. The average molecular weight is 296 g/mol. The summed E-state index contributed by atoms with van der Waals surface area (Å²) in [6.45, 7) is 2.84. The molecule has 0 spiro atoms. The van der Waals surface area contributed by atoms with Crippen LogP contribution in [-0.2, 0) is 6.54 Å². The molecule has 0 fully saturated rings. The van der Waals surface area contributed by atoms with Crippen molar-refractivity contribution < 1.29 is 0 Å². The van der Waals surface area contributed by atoms with Crippen LogP contribution >= 0.6 is 15.9 Å². The number of halogens is 1. The number of pyridine rings is 1. The fraction of sp³-hybridized carbons (Fsp3) is 0.273. The van der Waals surface area contributed by atoms with Crippen molar-refractivity contribution in [1.29, 1.82) is 0 Å². The van der Waals surface area contributed by atoms with Crippen LogP contribution in [0, 0.1) is 0 Å². The van der Waals surface area contributed by atoms with Gasteiger partial charge in [-0.2, -0.15) is 5.10 Å². The normalized spacial score (nSPS) is 12.6. The number of nitrogens with two attached hydrogens (primary N) is 1. The monoisotopic (exact) mass is 295 g/mol. The van der Waals surface area contributed by atoms with Crippen LogP contribution in [0.5, 0.6) is 0 Å². The summed E-state index contributed by atoms with van der Waals surface area (Å²) in [7, 11) is 0. The van der Waals surface area contributed by atoms with E-state index in [-0.39, 0.29) is 6.04 Å². The van der Waals surface area contributed by atoms with Crippen molar-refractivity contribution in [2.45, 2.75) is 19.5 Å². The van der Waals surface area contributed by atoms with Gasteiger partial charge in [-0.05, 0) is 40.5 Å². The fourth-order valence-electron chi connectivity index (χ4n) is 1.80. The van der Waals surface area contributed by atoms with E-state index in [4.69, 9.17) is 5.84 Å². The molecule has 0 aliphatic heterocycles. The van der Waals surface area contributed by atoms with Crippen molar-refractivity contribution in [2.75, 3.05) is 0 Å². The molecular weight excluding hydrogens is 282 g/mol. The van der Waals surface area contributed by atoms with Gasteiger partial charge in [0.1, 0.15) is 0 Å². The Bertz CT molecular complexity index is 482. The van der Waals surface area contributed by atoms with E-state index < -0.39 is 0 Å². The van der Waals surface area contributed by atoms with Gasteiger partial charge in [0.2, 0.25) is 0 Å². The van der Waals surface area contributed by atoms with E-state index in [9.17, 15) is 0 Å². The Morgan fingerprint density at radius 2 is 2.18 bits per heavy atom. The van der Waals surface area contributed by atoms with Gasteiger partial charge in [0.25, 0.3) is 0 Å². The highest BCUT2D eigenvalue weighted by atomic mass is 79.9. The van der Waals surface area contributed by atoms with Crippen LogP contribution < -0.4 is 11.3 Å². The predicted octanol–water partition coefficient (Wildman–Crippen LogP) is 1.61. The molecule has 1 unspecified atom stereocenters. The Morgan fingerprint density at radius 1 is 1.47 bits per heavy atom. The van der Waals surface area contributed by atoms with E-state index in [1.165, 1.54) is 0 Å². The molecule has 0 amide bonds. The topological polar surface area (TPSA) is 68.8 Å². The first-order valence-electron chi connectivity index (χ1n) is 5.35. The highest BCUT2D eigenvalue weighted by Crippen LogP contribution is 2.27. The molecule has 2 aromatic heterocycles. The number of hydrazine groups is 1. The minimum absolute atomic E-state index is 0.102. The molecule has 0 saturated carbocycles. The lowest BCUT2D eigenvalue weighted by atomic mass is 10.1. The van der Waals surface area contributed by atoms with Gasteiger partial charge < -0.3 is 0 Å². The first kappa shape index (κ1) is 12.2. The van der Waals surface area contributed by atoms with Gasteiger partial charge in [-0.25, -0.2) is 5.43 Å². The van der Waals surface area contributed by atoms with E-state index in [1.807, 2.05) is 23.7 Å². The number of aryl methyl sites for hydroxylation is 1. The maximum Gasteiger partial charge on any atom is 0.0890 e. The Morgan fingerprint density at radius 3 is 2.76 bits per heavy atom. The van der Waals surface area contributed by atoms with Crippen LogP contribution in [0.1, 0.15) is 24.2 Å². The molecule has 0 saturated heterocycles. The summed E-state index contributed by atoms with van der Waals surface area (Å²) < 4.78 is 2.86. The summed E-state index contributed by atoms with van der Waals surface area (Å²) in [6.07, 6.45) is 5.28. The predicted molar refractivity (Wildman–Crippen MR) is 69.0 cm³/mol. The SMILES string of the molecule is CCn1ncc(Br)c1C(NN)c1ccncc1. The molecule has 2 rings (SSSR count). The zero-order valence-electron chi connectivity index (χ0n) is 9.47. The summed E-state index contributed by atoms with van der Waals surface area (Å²) in [5.41, 5.74) is 4.89. The number of nitrogens with zero attached hydrogens (tertiary/aromatic N) is 3. The molecule has 2 heterocycles. The molecule has 2 aromatic rings. The minimum atomic E-state index is -0.102. The van der Waals surface area contributed by atoms with Crippen LogP contribution in [-0.4, -0.2) is 14.8 Å². The second-order valence-corrected chi connectivity index (χ2v) is 4.43. The van der Waals surface area contributed by atoms with Crippen LogP contribution in [0.15, 0.2) is 35.2 Å². The van der Waals surface area contributed by atoms with Gasteiger partial charge in [0, 0.05) is 18.9 Å². The quantitative estimate of drug-likeness (QED) is 0.664. The van der Waals surface area contributed by atoms with Gasteiger partial charge in [-0.1, -0.05) is 0 Å². The van der Waals surface area contributed by atoms with Crippen molar-refractivity contribution in [1.82, 2.24) is 20.2 Å². The Balaban J connectivity index is 2.45. The summed E-state index contributed by atoms with van der Waals surface area (Å²) >= 11 is 3.50. The Labute approximate surface area is 108 Å². The van der Waals surface area contributed by atoms with Crippen molar-refractivity contribution in [3.63, 3.8) is 0 Å². The smallest absolute Gasteiger partial charge is 0.0890 e. The molecule has 0 aliphatic rings. The first-order valence-corrected chi connectivity index (χ1v) is 6.14. The van der Waals surface area contributed by atoms with Crippen molar-refractivity contribution in [2.24, 2.45) is 5.84 Å². The first-order chi connectivity index (χ1) is 8.27. The molecule has 0 radical (unpaired) electrons. The van der Waals surface area contributed by atoms with Crippen LogP contribution in [0.4, 0.5) is 0 Å². The molecule has 5 nitrogen and oxygen atoms in total. The van der Waals surface area contributed by atoms with Gasteiger partial charge >= 0.3 is 0 Å². The number of hydrogen-bond acceptors (Lipinski definition) is 4. The fourth-order valence-corrected chi connectivity index (χ4v) is 2.33. The van der Waals surface area contributed by atoms with Crippen molar-refractivity contribution in [3.8, 4) is 0 Å². The van der Waals surface area contributed by atoms with Crippen molar-refractivity contribution in [3.05, 3.63) is 46.5 Å². The van der Waals surface area contributed by atoms with Crippen LogP contribution in [0.3, 0.4) is 0 Å². The van der Waals surface area contributed by atoms with E-state index in [0.29, 0.717) is 0 Å². The largest absolute Gasteiger partial charge is 0.271 e. The molecule has 3 N–H and O–H groups in total. The second kappa shape index (κ2) is 5.39. The van der Waals surface area contributed by atoms with Crippen LogP contribution in [0.2, 0.25) is 0 Å². The van der Waals surface area contributed by atoms with E-state index in [1.54, 1.807) is 18.6 Å². The summed E-state index contributed by atoms with van der Waals surface area (Å²) in [6, 6.07) is 3.77. The molecule has 90 valence electrons. The minimum Gasteiger partial charge on any atom is -0.271 e.